The van der Waals surface area contributed by atoms with E-state index in [0.717, 1.165) is 0 Å². The number of anilines is 1. The molecule has 1 aromatic heterocycles. The van der Waals surface area contributed by atoms with Gasteiger partial charge in [-0.2, -0.15) is 0 Å². The van der Waals surface area contributed by atoms with Gasteiger partial charge >= 0.3 is 0 Å². The first-order valence-corrected chi connectivity index (χ1v) is 5.76. The molecule has 0 radical (unpaired) electrons. The summed E-state index contributed by atoms with van der Waals surface area (Å²) in [6.07, 6.45) is 1.60. The first kappa shape index (κ1) is 12.7. The smallest absolute Gasteiger partial charge is 0.144 e. The number of aromatic nitrogens is 2. The van der Waals surface area contributed by atoms with Crippen molar-refractivity contribution < 1.29 is 4.39 Å². The summed E-state index contributed by atoms with van der Waals surface area (Å²) in [6.45, 7) is 0.564. The third kappa shape index (κ3) is 3.15. The molecule has 3 N–H and O–H groups in total. The predicted molar refractivity (Wildman–Crippen MR) is 68.7 cm³/mol. The zero-order valence-corrected chi connectivity index (χ0v) is 10.3. The van der Waals surface area contributed by atoms with Crippen LogP contribution in [0.1, 0.15) is 11.4 Å². The Morgan fingerprint density at radius 2 is 2.17 bits per heavy atom. The van der Waals surface area contributed by atoms with Crippen LogP contribution in [0.4, 0.5) is 10.2 Å². The molecule has 0 atom stereocenters. The second kappa shape index (κ2) is 5.75. The topological polar surface area (TPSA) is 63.8 Å². The fourth-order valence-electron chi connectivity index (χ4n) is 1.46. The Labute approximate surface area is 109 Å². The molecule has 4 nitrogen and oxygen atoms in total. The first-order valence-electron chi connectivity index (χ1n) is 5.39. The summed E-state index contributed by atoms with van der Waals surface area (Å²) < 4.78 is 13.5. The minimum Gasteiger partial charge on any atom is -0.366 e. The molecule has 0 bridgehead atoms. The molecular formula is C12H12ClFN4. The third-order valence-corrected chi connectivity index (χ3v) is 2.59. The highest BCUT2D eigenvalue weighted by atomic mass is 35.5. The number of rotatable bonds is 4. The molecule has 0 spiro atoms. The molecule has 94 valence electrons. The van der Waals surface area contributed by atoms with Crippen LogP contribution >= 0.6 is 11.6 Å². The normalized spacial score (nSPS) is 10.4. The highest BCUT2D eigenvalue weighted by Crippen LogP contribution is 2.16. The number of hydrogen-bond acceptors (Lipinski definition) is 4. The predicted octanol–water partition coefficient (Wildman–Crippen LogP) is 2.34. The molecule has 18 heavy (non-hydrogen) atoms. The lowest BCUT2D eigenvalue weighted by molar-refractivity contribution is 0.613. The average molecular weight is 267 g/mol. The molecule has 6 heteroatoms. The lowest BCUT2D eigenvalue weighted by Crippen LogP contribution is -2.07. The van der Waals surface area contributed by atoms with Gasteiger partial charge in [0.15, 0.2) is 0 Å². The summed E-state index contributed by atoms with van der Waals surface area (Å²) >= 11 is 5.81. The minimum absolute atomic E-state index is 0.265. The van der Waals surface area contributed by atoms with Crippen molar-refractivity contribution in [2.45, 2.75) is 13.1 Å². The van der Waals surface area contributed by atoms with Gasteiger partial charge in [0.05, 0.1) is 6.54 Å². The van der Waals surface area contributed by atoms with E-state index in [0.29, 0.717) is 28.8 Å². The van der Waals surface area contributed by atoms with Gasteiger partial charge in [-0.1, -0.05) is 11.6 Å². The molecule has 2 aromatic rings. The maximum atomic E-state index is 13.5. The maximum absolute atomic E-state index is 13.5. The van der Waals surface area contributed by atoms with Crippen LogP contribution in [0.3, 0.4) is 0 Å². The van der Waals surface area contributed by atoms with Crippen molar-refractivity contribution in [3.8, 4) is 0 Å². The summed E-state index contributed by atoms with van der Waals surface area (Å²) in [5.74, 6) is 0.830. The molecule has 1 heterocycles. The van der Waals surface area contributed by atoms with Crippen LogP contribution in [0.15, 0.2) is 30.5 Å². The quantitative estimate of drug-likeness (QED) is 0.892. The van der Waals surface area contributed by atoms with Crippen LogP contribution in [0, 0.1) is 5.82 Å². The van der Waals surface area contributed by atoms with Gasteiger partial charge in [-0.3, -0.25) is 0 Å². The fourth-order valence-corrected chi connectivity index (χ4v) is 1.66. The lowest BCUT2D eigenvalue weighted by atomic mass is 10.2. The van der Waals surface area contributed by atoms with Gasteiger partial charge in [0.25, 0.3) is 0 Å². The van der Waals surface area contributed by atoms with Gasteiger partial charge in [0.2, 0.25) is 0 Å². The zero-order chi connectivity index (χ0) is 13.0. The SMILES string of the molecule is NCc1nccc(NCc2cc(Cl)ccc2F)n1. The largest absolute Gasteiger partial charge is 0.366 e. The molecule has 0 saturated heterocycles. The number of benzene rings is 1. The van der Waals surface area contributed by atoms with Crippen LogP contribution in [0.25, 0.3) is 0 Å². The van der Waals surface area contributed by atoms with Crippen LogP contribution in [-0.2, 0) is 13.1 Å². The molecule has 0 aliphatic carbocycles. The number of nitrogens with zero attached hydrogens (tertiary/aromatic N) is 2. The second-order valence-corrected chi connectivity index (χ2v) is 4.09. The van der Waals surface area contributed by atoms with Crippen molar-refractivity contribution in [2.24, 2.45) is 5.73 Å². The summed E-state index contributed by atoms with van der Waals surface area (Å²) in [6, 6.07) is 6.12. The second-order valence-electron chi connectivity index (χ2n) is 3.65. The van der Waals surface area contributed by atoms with Gasteiger partial charge in [0.1, 0.15) is 17.5 Å². The molecule has 1 aromatic carbocycles. The third-order valence-electron chi connectivity index (χ3n) is 2.36. The lowest BCUT2D eigenvalue weighted by Gasteiger charge is -2.07. The number of nitrogens with two attached hydrogens (primary N) is 1. The molecule has 0 aliphatic heterocycles. The van der Waals surface area contributed by atoms with Crippen molar-refractivity contribution in [3.63, 3.8) is 0 Å². The minimum atomic E-state index is -0.306. The van der Waals surface area contributed by atoms with E-state index in [1.54, 1.807) is 18.3 Å². The number of halogens is 2. The molecule has 0 fully saturated rings. The van der Waals surface area contributed by atoms with Crippen LogP contribution in [0.5, 0.6) is 0 Å². The highest BCUT2D eigenvalue weighted by Gasteiger charge is 2.03. The Balaban J connectivity index is 2.08. The van der Waals surface area contributed by atoms with Gasteiger partial charge < -0.3 is 11.1 Å². The van der Waals surface area contributed by atoms with Crippen molar-refractivity contribution in [3.05, 3.63) is 52.7 Å². The standard InChI is InChI=1S/C12H12ClFN4/c13-9-1-2-10(14)8(5-9)7-17-11-3-4-16-12(6-15)18-11/h1-5H,6-7,15H2,(H,16,17,18). The van der Waals surface area contributed by atoms with E-state index in [1.807, 2.05) is 0 Å². The fraction of sp³-hybridized carbons (Fsp3) is 0.167. The Hall–Kier alpha value is -1.72. The summed E-state index contributed by atoms with van der Waals surface area (Å²) in [5, 5.41) is 3.50. The molecule has 0 aliphatic rings. The van der Waals surface area contributed by atoms with Crippen LogP contribution < -0.4 is 11.1 Å². The summed E-state index contributed by atoms with van der Waals surface area (Å²) in [5.41, 5.74) is 5.92. The van der Waals surface area contributed by atoms with E-state index < -0.39 is 0 Å². The summed E-state index contributed by atoms with van der Waals surface area (Å²) in [7, 11) is 0. The van der Waals surface area contributed by atoms with Crippen molar-refractivity contribution >= 4 is 17.4 Å². The molecule has 0 unspecified atom stereocenters. The van der Waals surface area contributed by atoms with Crippen molar-refractivity contribution in [2.75, 3.05) is 5.32 Å². The Kier molecular flexibility index (Phi) is 4.07. The molecule has 0 saturated carbocycles. The van der Waals surface area contributed by atoms with E-state index in [4.69, 9.17) is 17.3 Å². The van der Waals surface area contributed by atoms with Crippen LogP contribution in [0.2, 0.25) is 5.02 Å². The van der Waals surface area contributed by atoms with E-state index in [2.05, 4.69) is 15.3 Å². The monoisotopic (exact) mass is 266 g/mol. The highest BCUT2D eigenvalue weighted by molar-refractivity contribution is 6.30. The Morgan fingerprint density at radius 3 is 2.94 bits per heavy atom. The van der Waals surface area contributed by atoms with Gasteiger partial charge in [0, 0.05) is 23.3 Å². The van der Waals surface area contributed by atoms with E-state index in [-0.39, 0.29) is 12.4 Å². The van der Waals surface area contributed by atoms with E-state index in [9.17, 15) is 4.39 Å². The van der Waals surface area contributed by atoms with E-state index >= 15 is 0 Å². The van der Waals surface area contributed by atoms with Gasteiger partial charge in [-0.05, 0) is 24.3 Å². The molecule has 0 amide bonds. The van der Waals surface area contributed by atoms with Gasteiger partial charge in [-0.25, -0.2) is 14.4 Å². The maximum Gasteiger partial charge on any atom is 0.144 e. The first-order chi connectivity index (χ1) is 8.69. The van der Waals surface area contributed by atoms with E-state index in [1.165, 1.54) is 12.1 Å². The average Bonchev–Trinajstić information content (AvgIpc) is 2.40. The molecule has 2 rings (SSSR count). The van der Waals surface area contributed by atoms with Crippen molar-refractivity contribution in [1.29, 1.82) is 0 Å². The molecular weight excluding hydrogens is 255 g/mol. The van der Waals surface area contributed by atoms with Crippen molar-refractivity contribution in [1.82, 2.24) is 9.97 Å². The zero-order valence-electron chi connectivity index (χ0n) is 9.53. The van der Waals surface area contributed by atoms with Gasteiger partial charge in [-0.15, -0.1) is 0 Å². The van der Waals surface area contributed by atoms with Crippen LogP contribution in [-0.4, -0.2) is 9.97 Å². The number of hydrogen-bond donors (Lipinski definition) is 2. The summed E-state index contributed by atoms with van der Waals surface area (Å²) in [4.78, 5) is 8.13. The number of nitrogens with one attached hydrogen (secondary N) is 1. The Morgan fingerprint density at radius 1 is 1.33 bits per heavy atom. The Bertz CT molecular complexity index is 547.